The Hall–Kier alpha value is -4.92. The highest BCUT2D eigenvalue weighted by atomic mass is 16.7. The molecule has 10 N–H and O–H groups in total. The first-order valence-corrected chi connectivity index (χ1v) is 26.1. The Kier molecular flexibility index (Phi) is 22.3. The van der Waals surface area contributed by atoms with Gasteiger partial charge in [0, 0.05) is 32.1 Å². The van der Waals surface area contributed by atoms with E-state index in [0.717, 1.165) is 4.90 Å². The van der Waals surface area contributed by atoms with Gasteiger partial charge in [0.15, 0.2) is 6.29 Å². The van der Waals surface area contributed by atoms with Gasteiger partial charge in [0.25, 0.3) is 5.91 Å². The number of hydrogen-bond acceptors (Lipinski definition) is 19. The Morgan fingerprint density at radius 1 is 0.688 bits per heavy atom. The van der Waals surface area contributed by atoms with Gasteiger partial charge in [-0.05, 0) is 135 Å². The molecule has 444 valence electrons. The summed E-state index contributed by atoms with van der Waals surface area (Å²) in [4.78, 5) is 80.8. The Balaban J connectivity index is 2.17. The zero-order valence-electron chi connectivity index (χ0n) is 48.8. The summed E-state index contributed by atoms with van der Waals surface area (Å²) >= 11 is 0. The van der Waals surface area contributed by atoms with Gasteiger partial charge in [-0.15, -0.1) is 0 Å². The van der Waals surface area contributed by atoms with Crippen LogP contribution in [-0.2, 0) is 42.7 Å². The van der Waals surface area contributed by atoms with Crippen molar-refractivity contribution in [3.8, 4) is 0 Å². The molecule has 2 aliphatic heterocycles. The smallest absolute Gasteiger partial charge is 0.410 e. The molecular weight excluding hydrogens is 1010 g/mol. The second-order valence-corrected chi connectivity index (χ2v) is 26.1. The van der Waals surface area contributed by atoms with Crippen LogP contribution in [0.15, 0.2) is 11.8 Å². The van der Waals surface area contributed by atoms with E-state index in [9.17, 15) is 49.2 Å². The minimum absolute atomic E-state index is 0.105. The molecule has 0 aromatic carbocycles. The second kappa shape index (κ2) is 25.9. The van der Waals surface area contributed by atoms with E-state index in [-0.39, 0.29) is 25.9 Å². The van der Waals surface area contributed by atoms with E-state index in [0.29, 0.717) is 12.3 Å². The van der Waals surface area contributed by atoms with Gasteiger partial charge in [-0.2, -0.15) is 0 Å². The number of alkyl carbamates (subject to hydrolysis) is 4. The molecule has 25 nitrogen and oxygen atoms in total. The third kappa shape index (κ3) is 22.4. The lowest BCUT2D eigenvalue weighted by molar-refractivity contribution is -0.305. The topological polar surface area (TPSA) is 333 Å². The average molecular weight is 1100 g/mol. The maximum Gasteiger partial charge on any atom is 0.410 e. The number of aliphatic hydroxyl groups is 4. The number of carbonyl (C=O) groups excluding carboxylic acids is 6. The molecule has 3 aliphatic rings. The molecule has 0 bridgehead atoms. The molecule has 1 saturated carbocycles. The molecule has 0 radical (unpaired) electrons. The lowest BCUT2D eigenvalue weighted by Gasteiger charge is -2.52. The Morgan fingerprint density at radius 3 is 1.70 bits per heavy atom. The molecule has 1 aliphatic carbocycles. The largest absolute Gasteiger partial charge is 0.491 e. The van der Waals surface area contributed by atoms with Gasteiger partial charge in [-0.1, -0.05) is 13.8 Å². The summed E-state index contributed by atoms with van der Waals surface area (Å²) < 4.78 is 46.7. The molecule has 12 atom stereocenters. The van der Waals surface area contributed by atoms with Gasteiger partial charge in [0.1, 0.15) is 63.8 Å². The zero-order valence-corrected chi connectivity index (χ0v) is 48.8. The molecular formula is C52H93N7O18. The number of nitrogens with zero attached hydrogens (tertiary/aromatic N) is 1. The van der Waals surface area contributed by atoms with E-state index in [1.54, 1.807) is 110 Å². The normalized spacial score (nSPS) is 27.8. The number of hydrogen-bond donors (Lipinski definition) is 10. The van der Waals surface area contributed by atoms with Gasteiger partial charge in [0.05, 0.1) is 43.9 Å². The number of amides is 6. The van der Waals surface area contributed by atoms with Crippen LogP contribution < -0.4 is 31.9 Å². The standard InChI is InChI=1S/C52H93N7O18/c1-46(2,3)73-41(64)54-24-32(60)39(63)56-31-22-30(58-44(67)76-49(10,11)12)33(34(61)37(31)72-40-35(62)38(52(18,69)27-70-40)59(19)45(68)77-50(13,14)15)36-29(57-43(66)75-48(7,8)9)21-20-28(71-36)23-53-25-51(16,17)26-55-42(65)74-47(4,5)6/h20,29-38,40,53,60-62,69H,21-27H2,1-19H3,(H,54,64)(H,55,65)(H,56,63)(H,57,66)(H,58,67)/t29-,30+,31-,32+,33?,34+,35-,36+,37+,38-,40-,52+/m1/s1. The van der Waals surface area contributed by atoms with E-state index in [2.05, 4.69) is 31.9 Å². The lowest BCUT2D eigenvalue weighted by atomic mass is 9.72. The van der Waals surface area contributed by atoms with Crippen LogP contribution in [-0.4, -0.2) is 196 Å². The number of aliphatic hydroxyl groups excluding tert-OH is 3. The van der Waals surface area contributed by atoms with Crippen LogP contribution in [0.25, 0.3) is 0 Å². The molecule has 25 heteroatoms. The van der Waals surface area contributed by atoms with E-state index in [4.69, 9.17) is 37.9 Å². The maximum absolute atomic E-state index is 14.0. The quantitative estimate of drug-likeness (QED) is 0.0990. The molecule has 1 unspecified atom stereocenters. The number of carbonyl (C=O) groups is 6. The molecule has 0 aromatic heterocycles. The Bertz CT molecular complexity index is 2050. The lowest BCUT2D eigenvalue weighted by Crippen LogP contribution is -2.71. The van der Waals surface area contributed by atoms with Crippen LogP contribution in [0.5, 0.6) is 0 Å². The van der Waals surface area contributed by atoms with E-state index < -0.39 is 155 Å². The van der Waals surface area contributed by atoms with Gasteiger partial charge in [-0.25, -0.2) is 24.0 Å². The van der Waals surface area contributed by atoms with Crippen molar-refractivity contribution in [1.29, 1.82) is 0 Å². The van der Waals surface area contributed by atoms with Crippen molar-refractivity contribution in [2.24, 2.45) is 11.3 Å². The fourth-order valence-corrected chi connectivity index (χ4v) is 8.77. The summed E-state index contributed by atoms with van der Waals surface area (Å²) in [5.74, 6) is -1.98. The fraction of sp³-hybridized carbons (Fsp3) is 0.846. The fourth-order valence-electron chi connectivity index (χ4n) is 8.77. The van der Waals surface area contributed by atoms with E-state index in [1.165, 1.54) is 14.0 Å². The first-order valence-electron chi connectivity index (χ1n) is 26.1. The van der Waals surface area contributed by atoms with Crippen LogP contribution in [0.2, 0.25) is 0 Å². The number of likely N-dealkylation sites (N-methyl/N-ethyl adjacent to an activating group) is 1. The summed E-state index contributed by atoms with van der Waals surface area (Å²) in [5, 5.41) is 64.6. The first kappa shape index (κ1) is 66.4. The van der Waals surface area contributed by atoms with E-state index >= 15 is 0 Å². The number of nitrogens with one attached hydrogen (secondary N) is 6. The van der Waals surface area contributed by atoms with Crippen molar-refractivity contribution in [2.45, 2.75) is 232 Å². The number of ether oxygens (including phenoxy) is 8. The number of rotatable bonds is 16. The summed E-state index contributed by atoms with van der Waals surface area (Å²) in [6.45, 7) is 29.9. The highest BCUT2D eigenvalue weighted by Gasteiger charge is 2.57. The molecule has 1 saturated heterocycles. The highest BCUT2D eigenvalue weighted by molar-refractivity contribution is 5.82. The van der Waals surface area contributed by atoms with Crippen LogP contribution in [0.1, 0.15) is 137 Å². The minimum Gasteiger partial charge on any atom is -0.491 e. The third-order valence-corrected chi connectivity index (χ3v) is 11.8. The Labute approximate surface area is 454 Å². The van der Waals surface area contributed by atoms with Crippen LogP contribution >= 0.6 is 0 Å². The van der Waals surface area contributed by atoms with Gasteiger partial charge < -0.3 is 95.1 Å². The molecule has 0 spiro atoms. The first-order chi connectivity index (χ1) is 34.9. The molecule has 2 fully saturated rings. The predicted octanol–water partition coefficient (Wildman–Crippen LogP) is 3.43. The summed E-state index contributed by atoms with van der Waals surface area (Å²) in [7, 11) is 1.31. The predicted molar refractivity (Wildman–Crippen MR) is 280 cm³/mol. The minimum atomic E-state index is -1.91. The van der Waals surface area contributed by atoms with Crippen molar-refractivity contribution >= 4 is 36.4 Å². The summed E-state index contributed by atoms with van der Waals surface area (Å²) in [6, 6.07) is -5.00. The second-order valence-electron chi connectivity index (χ2n) is 26.1. The van der Waals surface area contributed by atoms with Crippen molar-refractivity contribution < 1.29 is 87.1 Å². The van der Waals surface area contributed by atoms with Crippen LogP contribution in [0.4, 0.5) is 24.0 Å². The van der Waals surface area contributed by atoms with Crippen molar-refractivity contribution in [3.05, 3.63) is 11.8 Å². The van der Waals surface area contributed by atoms with Crippen molar-refractivity contribution in [3.63, 3.8) is 0 Å². The maximum atomic E-state index is 14.0. The molecule has 0 aromatic rings. The van der Waals surface area contributed by atoms with Gasteiger partial charge in [-0.3, -0.25) is 4.79 Å². The third-order valence-electron chi connectivity index (χ3n) is 11.8. The van der Waals surface area contributed by atoms with Gasteiger partial charge in [0.2, 0.25) is 0 Å². The van der Waals surface area contributed by atoms with Crippen molar-refractivity contribution in [1.82, 2.24) is 36.8 Å². The highest BCUT2D eigenvalue weighted by Crippen LogP contribution is 2.39. The molecule has 2 heterocycles. The SMILES string of the molecule is CN(C(=O)OC(C)(C)C)[C@@H]1[C@@H](O)[C@@H](O[C@H]2[C@H](NC(=O)[C@@H](O)CNC(=O)OC(C)(C)C)C[C@H](NC(=O)OC(C)(C)C)C([C@H]3OC(CNCC(C)(C)CNC(=O)OC(C)(C)C)=CC[C@H]3NC(=O)OC(C)(C)C)[C@@H]2O)OC[C@]1(C)O. The van der Waals surface area contributed by atoms with Crippen molar-refractivity contribution in [2.75, 3.05) is 39.8 Å². The van der Waals surface area contributed by atoms with Crippen LogP contribution in [0.3, 0.4) is 0 Å². The average Bonchev–Trinajstić information content (AvgIpc) is 3.21. The van der Waals surface area contributed by atoms with E-state index in [1.807, 2.05) is 13.8 Å². The Morgan fingerprint density at radius 2 is 1.18 bits per heavy atom. The molecule has 3 rings (SSSR count). The van der Waals surface area contributed by atoms with Gasteiger partial charge >= 0.3 is 30.5 Å². The molecule has 6 amide bonds. The molecule has 77 heavy (non-hydrogen) atoms. The zero-order chi connectivity index (χ0) is 59.0. The summed E-state index contributed by atoms with van der Waals surface area (Å²) in [6.07, 6.45) is -12.8. The monoisotopic (exact) mass is 1100 g/mol. The van der Waals surface area contributed by atoms with Crippen LogP contribution in [0, 0.1) is 11.3 Å². The summed E-state index contributed by atoms with van der Waals surface area (Å²) in [5.41, 5.74) is -6.91.